The summed E-state index contributed by atoms with van der Waals surface area (Å²) in [6.45, 7) is 2.70. The number of hydrogen-bond acceptors (Lipinski definition) is 2. The van der Waals surface area contributed by atoms with Crippen LogP contribution in [0.2, 0.25) is 0 Å². The Balaban J connectivity index is 1.85. The molecule has 1 atom stereocenters. The number of halogens is 1. The second-order valence-electron chi connectivity index (χ2n) is 6.36. The lowest BCUT2D eigenvalue weighted by molar-refractivity contribution is -0.121. The Kier molecular flexibility index (Phi) is 6.31. The number of carbonyl (C=O) groups excluding carboxylic acids is 2. The SMILES string of the molecule is CCC(=O)NCC(Br)CC(=O)N1Cc2ccccc2C#Cc2ccccc21. The maximum Gasteiger partial charge on any atom is 0.228 e. The van der Waals surface area contributed by atoms with Crippen molar-refractivity contribution in [3.63, 3.8) is 0 Å². The van der Waals surface area contributed by atoms with E-state index in [-0.39, 0.29) is 23.1 Å². The molecule has 0 bridgehead atoms. The maximum atomic E-state index is 13.1. The number of fused-ring (bicyclic) bond motifs is 2. The molecule has 2 amide bonds. The third kappa shape index (κ3) is 4.78. The normalized spacial score (nSPS) is 13.2. The van der Waals surface area contributed by atoms with Crippen LogP contribution in [0.4, 0.5) is 5.69 Å². The molecule has 1 unspecified atom stereocenters. The number of para-hydroxylation sites is 1. The monoisotopic (exact) mass is 424 g/mol. The first-order valence-corrected chi connectivity index (χ1v) is 9.90. The smallest absolute Gasteiger partial charge is 0.228 e. The Bertz CT molecular complexity index is 914. The van der Waals surface area contributed by atoms with Crippen molar-refractivity contribution in [2.75, 3.05) is 11.4 Å². The minimum absolute atomic E-state index is 0.00595. The molecule has 0 spiro atoms. The minimum Gasteiger partial charge on any atom is -0.355 e. The van der Waals surface area contributed by atoms with Crippen LogP contribution in [0.15, 0.2) is 48.5 Å². The number of hydrogen-bond donors (Lipinski definition) is 1. The van der Waals surface area contributed by atoms with Gasteiger partial charge in [0.15, 0.2) is 0 Å². The van der Waals surface area contributed by atoms with Crippen molar-refractivity contribution in [3.8, 4) is 11.8 Å². The molecule has 0 saturated carbocycles. The van der Waals surface area contributed by atoms with Gasteiger partial charge in [-0.25, -0.2) is 0 Å². The lowest BCUT2D eigenvalue weighted by atomic mass is 10.0. The fourth-order valence-corrected chi connectivity index (χ4v) is 3.37. The predicted molar refractivity (Wildman–Crippen MR) is 111 cm³/mol. The van der Waals surface area contributed by atoms with Crippen molar-refractivity contribution in [1.29, 1.82) is 0 Å². The molecular formula is C22H21BrN2O2. The van der Waals surface area contributed by atoms with Crippen LogP contribution in [0.25, 0.3) is 0 Å². The van der Waals surface area contributed by atoms with Crippen LogP contribution in [0, 0.1) is 11.8 Å². The molecular weight excluding hydrogens is 404 g/mol. The lowest BCUT2D eigenvalue weighted by Gasteiger charge is -2.27. The molecule has 0 saturated heterocycles. The van der Waals surface area contributed by atoms with E-state index in [2.05, 4.69) is 33.1 Å². The molecule has 1 heterocycles. The van der Waals surface area contributed by atoms with E-state index >= 15 is 0 Å². The van der Waals surface area contributed by atoms with Crippen molar-refractivity contribution < 1.29 is 9.59 Å². The highest BCUT2D eigenvalue weighted by Gasteiger charge is 2.23. The summed E-state index contributed by atoms with van der Waals surface area (Å²) in [5.41, 5.74) is 3.63. The minimum atomic E-state index is -0.126. The summed E-state index contributed by atoms with van der Waals surface area (Å²) in [4.78, 5) is 26.2. The van der Waals surface area contributed by atoms with Gasteiger partial charge in [0.05, 0.1) is 12.2 Å². The summed E-state index contributed by atoms with van der Waals surface area (Å²) < 4.78 is 0. The molecule has 5 heteroatoms. The van der Waals surface area contributed by atoms with Gasteiger partial charge in [0.2, 0.25) is 11.8 Å². The maximum absolute atomic E-state index is 13.1. The van der Waals surface area contributed by atoms with Gasteiger partial charge in [0.1, 0.15) is 0 Å². The first-order chi connectivity index (χ1) is 13.1. The number of benzene rings is 2. The summed E-state index contributed by atoms with van der Waals surface area (Å²) in [5.74, 6) is 6.38. The molecule has 3 rings (SSSR count). The Morgan fingerprint density at radius 1 is 1.11 bits per heavy atom. The molecule has 0 aromatic heterocycles. The van der Waals surface area contributed by atoms with Crippen molar-refractivity contribution in [2.24, 2.45) is 0 Å². The van der Waals surface area contributed by atoms with Gasteiger partial charge in [-0.1, -0.05) is 65.0 Å². The first kappa shape index (κ1) is 19.2. The number of alkyl halides is 1. The third-order valence-electron chi connectivity index (χ3n) is 4.41. The zero-order valence-electron chi connectivity index (χ0n) is 15.2. The van der Waals surface area contributed by atoms with E-state index in [1.807, 2.05) is 48.5 Å². The summed E-state index contributed by atoms with van der Waals surface area (Å²) in [6.07, 6.45) is 0.719. The molecule has 4 nitrogen and oxygen atoms in total. The Morgan fingerprint density at radius 3 is 2.56 bits per heavy atom. The molecule has 1 aliphatic rings. The Labute approximate surface area is 168 Å². The van der Waals surface area contributed by atoms with E-state index in [9.17, 15) is 9.59 Å². The molecule has 1 N–H and O–H groups in total. The van der Waals surface area contributed by atoms with Crippen LogP contribution in [-0.2, 0) is 16.1 Å². The second-order valence-corrected chi connectivity index (χ2v) is 7.66. The van der Waals surface area contributed by atoms with Gasteiger partial charge < -0.3 is 10.2 Å². The average Bonchev–Trinajstić information content (AvgIpc) is 2.67. The van der Waals surface area contributed by atoms with Gasteiger partial charge in [-0.3, -0.25) is 9.59 Å². The van der Waals surface area contributed by atoms with Crippen LogP contribution in [0.1, 0.15) is 36.5 Å². The standard InChI is InChI=1S/C22H21BrN2O2/c1-2-21(26)24-14-19(23)13-22(27)25-15-18-9-4-3-7-16(18)11-12-17-8-5-6-10-20(17)25/h3-10,19H,2,13-15H2,1H3,(H,24,26). The van der Waals surface area contributed by atoms with E-state index in [1.54, 1.807) is 11.8 Å². The van der Waals surface area contributed by atoms with E-state index in [1.165, 1.54) is 0 Å². The van der Waals surface area contributed by atoms with Crippen molar-refractivity contribution >= 4 is 33.4 Å². The van der Waals surface area contributed by atoms with Gasteiger partial charge in [-0.2, -0.15) is 0 Å². The molecule has 2 aromatic carbocycles. The molecule has 1 aliphatic heterocycles. The summed E-state index contributed by atoms with van der Waals surface area (Å²) in [5, 5.41) is 2.82. The highest BCUT2D eigenvalue weighted by molar-refractivity contribution is 9.09. The Morgan fingerprint density at radius 2 is 1.78 bits per heavy atom. The molecule has 27 heavy (non-hydrogen) atoms. The summed E-state index contributed by atoms with van der Waals surface area (Å²) >= 11 is 3.52. The Hall–Kier alpha value is -2.58. The topological polar surface area (TPSA) is 49.4 Å². The third-order valence-corrected chi connectivity index (χ3v) is 5.06. The highest BCUT2D eigenvalue weighted by atomic mass is 79.9. The van der Waals surface area contributed by atoms with E-state index in [0.29, 0.717) is 19.5 Å². The molecule has 0 fully saturated rings. The van der Waals surface area contributed by atoms with Gasteiger partial charge in [-0.05, 0) is 23.8 Å². The number of nitrogens with zero attached hydrogens (tertiary/aromatic N) is 1. The number of rotatable bonds is 5. The molecule has 0 aliphatic carbocycles. The second kappa shape index (κ2) is 8.88. The fourth-order valence-electron chi connectivity index (χ4n) is 2.93. The predicted octanol–water partition coefficient (Wildman–Crippen LogP) is 3.61. The zero-order chi connectivity index (χ0) is 19.2. The zero-order valence-corrected chi connectivity index (χ0v) is 16.8. The van der Waals surface area contributed by atoms with E-state index < -0.39 is 0 Å². The number of amides is 2. The largest absolute Gasteiger partial charge is 0.355 e. The van der Waals surface area contributed by atoms with Gasteiger partial charge in [0.25, 0.3) is 0 Å². The highest BCUT2D eigenvalue weighted by Crippen LogP contribution is 2.26. The molecule has 2 aromatic rings. The fraction of sp³-hybridized carbons (Fsp3) is 0.273. The van der Waals surface area contributed by atoms with Crippen LogP contribution in [0.3, 0.4) is 0 Å². The lowest BCUT2D eigenvalue weighted by Crippen LogP contribution is -2.36. The summed E-state index contributed by atoms with van der Waals surface area (Å²) in [7, 11) is 0. The van der Waals surface area contributed by atoms with Crippen molar-refractivity contribution in [2.45, 2.75) is 31.1 Å². The van der Waals surface area contributed by atoms with Crippen LogP contribution in [0.5, 0.6) is 0 Å². The number of anilines is 1. The van der Waals surface area contributed by atoms with Crippen LogP contribution >= 0.6 is 15.9 Å². The van der Waals surface area contributed by atoms with E-state index in [4.69, 9.17) is 0 Å². The van der Waals surface area contributed by atoms with Gasteiger partial charge >= 0.3 is 0 Å². The van der Waals surface area contributed by atoms with Crippen molar-refractivity contribution in [3.05, 3.63) is 65.2 Å². The van der Waals surface area contributed by atoms with Crippen LogP contribution < -0.4 is 10.2 Å². The van der Waals surface area contributed by atoms with Gasteiger partial charge in [0, 0.05) is 35.3 Å². The first-order valence-electron chi connectivity index (χ1n) is 8.98. The average molecular weight is 425 g/mol. The molecule has 0 radical (unpaired) electrons. The number of nitrogens with one attached hydrogen (secondary N) is 1. The molecule has 138 valence electrons. The van der Waals surface area contributed by atoms with E-state index in [0.717, 1.165) is 22.4 Å². The van der Waals surface area contributed by atoms with Crippen LogP contribution in [-0.4, -0.2) is 23.2 Å². The quantitative estimate of drug-likeness (QED) is 0.588. The number of carbonyl (C=O) groups is 2. The van der Waals surface area contributed by atoms with Crippen molar-refractivity contribution in [1.82, 2.24) is 5.32 Å². The van der Waals surface area contributed by atoms with Gasteiger partial charge in [-0.15, -0.1) is 0 Å². The summed E-state index contributed by atoms with van der Waals surface area (Å²) in [6, 6.07) is 15.6.